The van der Waals surface area contributed by atoms with Crippen LogP contribution in [0.3, 0.4) is 0 Å². The van der Waals surface area contributed by atoms with Gasteiger partial charge in [0.1, 0.15) is 5.15 Å². The number of benzene rings is 1. The molecule has 0 atom stereocenters. The van der Waals surface area contributed by atoms with E-state index in [2.05, 4.69) is 10.3 Å². The molecule has 0 bridgehead atoms. The van der Waals surface area contributed by atoms with Crippen molar-refractivity contribution in [3.8, 4) is 0 Å². The van der Waals surface area contributed by atoms with E-state index in [4.69, 9.17) is 16.7 Å². The number of aromatic nitrogens is 1. The maximum Gasteiger partial charge on any atom is 0.252 e. The number of rotatable bonds is 3. The van der Waals surface area contributed by atoms with Crippen molar-refractivity contribution >= 4 is 28.4 Å². The topological polar surface area (TPSA) is 62.2 Å². The molecule has 88 valence electrons. The Morgan fingerprint density at radius 1 is 1.41 bits per heavy atom. The molecule has 0 saturated carbocycles. The summed E-state index contributed by atoms with van der Waals surface area (Å²) in [6.07, 6.45) is 0. The molecule has 0 aliphatic heterocycles. The van der Waals surface area contributed by atoms with Crippen LogP contribution in [0.5, 0.6) is 0 Å². The third-order valence-electron chi connectivity index (χ3n) is 2.33. The van der Waals surface area contributed by atoms with E-state index < -0.39 is 0 Å². The van der Waals surface area contributed by atoms with Gasteiger partial charge in [0.2, 0.25) is 0 Å². The summed E-state index contributed by atoms with van der Waals surface area (Å²) in [6, 6.07) is 8.80. The van der Waals surface area contributed by atoms with Crippen molar-refractivity contribution in [3.63, 3.8) is 0 Å². The van der Waals surface area contributed by atoms with Crippen LogP contribution >= 0.6 is 11.6 Å². The van der Waals surface area contributed by atoms with Crippen molar-refractivity contribution < 1.29 is 9.90 Å². The minimum atomic E-state index is -0.264. The van der Waals surface area contributed by atoms with Gasteiger partial charge in [0.05, 0.1) is 17.7 Å². The zero-order valence-corrected chi connectivity index (χ0v) is 9.74. The fraction of sp³-hybridized carbons (Fsp3) is 0.167. The minimum absolute atomic E-state index is 0.0948. The largest absolute Gasteiger partial charge is 0.395 e. The third kappa shape index (κ3) is 2.54. The van der Waals surface area contributed by atoms with E-state index >= 15 is 0 Å². The Labute approximate surface area is 103 Å². The molecule has 0 unspecified atom stereocenters. The summed E-state index contributed by atoms with van der Waals surface area (Å²) in [5.41, 5.74) is 1.14. The first-order valence-corrected chi connectivity index (χ1v) is 5.54. The van der Waals surface area contributed by atoms with E-state index in [9.17, 15) is 4.79 Å². The van der Waals surface area contributed by atoms with Crippen molar-refractivity contribution in [1.82, 2.24) is 10.3 Å². The highest BCUT2D eigenvalue weighted by atomic mass is 35.5. The van der Waals surface area contributed by atoms with Crippen molar-refractivity contribution in [1.29, 1.82) is 0 Å². The molecule has 5 heteroatoms. The second-order valence-corrected chi connectivity index (χ2v) is 3.88. The Morgan fingerprint density at radius 3 is 2.94 bits per heavy atom. The number of aliphatic hydroxyl groups is 1. The van der Waals surface area contributed by atoms with Gasteiger partial charge < -0.3 is 10.4 Å². The van der Waals surface area contributed by atoms with E-state index in [1.807, 2.05) is 18.2 Å². The first-order chi connectivity index (χ1) is 8.22. The molecule has 1 aromatic carbocycles. The number of fused-ring (bicyclic) bond motifs is 1. The number of aliphatic hydroxyl groups excluding tert-OH is 1. The van der Waals surface area contributed by atoms with Crippen LogP contribution in [0.2, 0.25) is 5.15 Å². The summed E-state index contributed by atoms with van der Waals surface area (Å²) < 4.78 is 0. The number of carbonyl (C=O) groups is 1. The van der Waals surface area contributed by atoms with E-state index in [-0.39, 0.29) is 24.2 Å². The number of pyridine rings is 1. The number of amides is 1. The lowest BCUT2D eigenvalue weighted by atomic mass is 10.1. The van der Waals surface area contributed by atoms with E-state index in [1.54, 1.807) is 6.07 Å². The van der Waals surface area contributed by atoms with E-state index in [1.165, 1.54) is 6.07 Å². The van der Waals surface area contributed by atoms with Gasteiger partial charge in [-0.05, 0) is 12.1 Å². The van der Waals surface area contributed by atoms with Crippen LogP contribution in [0.15, 0.2) is 30.3 Å². The molecule has 0 aliphatic carbocycles. The smallest absolute Gasteiger partial charge is 0.252 e. The van der Waals surface area contributed by atoms with Gasteiger partial charge in [0, 0.05) is 11.9 Å². The average Bonchev–Trinajstić information content (AvgIpc) is 2.34. The Hall–Kier alpha value is -1.65. The van der Waals surface area contributed by atoms with Crippen LogP contribution < -0.4 is 5.32 Å². The predicted molar refractivity (Wildman–Crippen MR) is 66.2 cm³/mol. The second-order valence-electron chi connectivity index (χ2n) is 3.49. The number of para-hydroxylation sites is 1. The predicted octanol–water partition coefficient (Wildman–Crippen LogP) is 1.61. The molecule has 1 heterocycles. The summed E-state index contributed by atoms with van der Waals surface area (Å²) in [5, 5.41) is 12.3. The van der Waals surface area contributed by atoms with E-state index in [0.29, 0.717) is 11.1 Å². The minimum Gasteiger partial charge on any atom is -0.395 e. The third-order valence-corrected chi connectivity index (χ3v) is 2.52. The number of hydrogen-bond acceptors (Lipinski definition) is 3. The van der Waals surface area contributed by atoms with Gasteiger partial charge in [-0.3, -0.25) is 4.79 Å². The van der Waals surface area contributed by atoms with Gasteiger partial charge >= 0.3 is 0 Å². The fourth-order valence-corrected chi connectivity index (χ4v) is 1.80. The van der Waals surface area contributed by atoms with Gasteiger partial charge in [-0.1, -0.05) is 29.8 Å². The Morgan fingerprint density at radius 2 is 2.18 bits per heavy atom. The van der Waals surface area contributed by atoms with Crippen molar-refractivity contribution in [2.24, 2.45) is 0 Å². The quantitative estimate of drug-likeness (QED) is 0.814. The van der Waals surface area contributed by atoms with Crippen LogP contribution in [0.25, 0.3) is 10.9 Å². The molecule has 1 amide bonds. The first kappa shape index (κ1) is 11.8. The average molecular weight is 251 g/mol. The molecule has 0 saturated heterocycles. The number of hydrogen-bond donors (Lipinski definition) is 2. The lowest BCUT2D eigenvalue weighted by molar-refractivity contribution is 0.0946. The summed E-state index contributed by atoms with van der Waals surface area (Å²) in [7, 11) is 0. The molecular formula is C12H11ClN2O2. The molecule has 0 fully saturated rings. The molecule has 1 aromatic heterocycles. The standard InChI is InChI=1S/C12H11ClN2O2/c13-11-7-9(12(17)14-5-6-16)8-3-1-2-4-10(8)15-11/h1-4,7,16H,5-6H2,(H,14,17). The first-order valence-electron chi connectivity index (χ1n) is 5.16. The van der Waals surface area contributed by atoms with Crippen molar-refractivity contribution in [2.75, 3.05) is 13.2 Å². The lowest BCUT2D eigenvalue weighted by Crippen LogP contribution is -2.26. The number of nitrogens with zero attached hydrogens (tertiary/aromatic N) is 1. The highest BCUT2D eigenvalue weighted by Crippen LogP contribution is 2.20. The molecule has 2 N–H and O–H groups in total. The van der Waals surface area contributed by atoms with Crippen LogP contribution in [0.1, 0.15) is 10.4 Å². The Bertz CT molecular complexity index is 557. The summed E-state index contributed by atoms with van der Waals surface area (Å²) in [4.78, 5) is 16.0. The molecular weight excluding hydrogens is 240 g/mol. The summed E-state index contributed by atoms with van der Waals surface area (Å²) in [5.74, 6) is -0.264. The zero-order valence-electron chi connectivity index (χ0n) is 8.98. The molecule has 2 aromatic rings. The molecule has 0 radical (unpaired) electrons. The Kier molecular flexibility index (Phi) is 3.56. The summed E-state index contributed by atoms with van der Waals surface area (Å²) >= 11 is 5.86. The SMILES string of the molecule is O=C(NCCO)c1cc(Cl)nc2ccccc12. The maximum atomic E-state index is 11.9. The van der Waals surface area contributed by atoms with Crippen LogP contribution in [-0.2, 0) is 0 Å². The lowest BCUT2D eigenvalue weighted by Gasteiger charge is -2.07. The normalized spacial score (nSPS) is 10.5. The fourth-order valence-electron chi connectivity index (χ4n) is 1.60. The summed E-state index contributed by atoms with van der Waals surface area (Å²) in [6.45, 7) is 0.121. The molecule has 0 aliphatic rings. The van der Waals surface area contributed by atoms with E-state index in [0.717, 1.165) is 5.39 Å². The number of carbonyl (C=O) groups excluding carboxylic acids is 1. The zero-order chi connectivity index (χ0) is 12.3. The second kappa shape index (κ2) is 5.12. The van der Waals surface area contributed by atoms with Gasteiger partial charge in [-0.25, -0.2) is 4.98 Å². The van der Waals surface area contributed by atoms with Gasteiger partial charge in [-0.15, -0.1) is 0 Å². The van der Waals surface area contributed by atoms with Crippen molar-refractivity contribution in [2.45, 2.75) is 0 Å². The van der Waals surface area contributed by atoms with Gasteiger partial charge in [-0.2, -0.15) is 0 Å². The van der Waals surface area contributed by atoms with Crippen LogP contribution in [0, 0.1) is 0 Å². The molecule has 4 nitrogen and oxygen atoms in total. The Balaban J connectivity index is 2.48. The van der Waals surface area contributed by atoms with Crippen molar-refractivity contribution in [3.05, 3.63) is 41.0 Å². The molecule has 17 heavy (non-hydrogen) atoms. The van der Waals surface area contributed by atoms with Gasteiger partial charge in [0.25, 0.3) is 5.91 Å². The highest BCUT2D eigenvalue weighted by molar-refractivity contribution is 6.30. The number of nitrogens with one attached hydrogen (secondary N) is 1. The van der Waals surface area contributed by atoms with Crippen LogP contribution in [-0.4, -0.2) is 29.1 Å². The monoisotopic (exact) mass is 250 g/mol. The molecule has 0 spiro atoms. The maximum absolute atomic E-state index is 11.9. The molecule has 2 rings (SSSR count). The van der Waals surface area contributed by atoms with Gasteiger partial charge in [0.15, 0.2) is 0 Å². The highest BCUT2D eigenvalue weighted by Gasteiger charge is 2.11. The number of halogens is 1. The van der Waals surface area contributed by atoms with Crippen LogP contribution in [0.4, 0.5) is 0 Å².